The number of sulfone groups is 1. The molecule has 0 rings (SSSR count). The van der Waals surface area contributed by atoms with Gasteiger partial charge in [0, 0.05) is 13.3 Å². The van der Waals surface area contributed by atoms with Crippen molar-refractivity contribution < 1.29 is 8.42 Å². The van der Waals surface area contributed by atoms with Crippen molar-refractivity contribution in [3.8, 4) is 0 Å². The summed E-state index contributed by atoms with van der Waals surface area (Å²) in [6.45, 7) is 0. The summed E-state index contributed by atoms with van der Waals surface area (Å²) in [6, 6.07) is 0. The van der Waals surface area contributed by atoms with Gasteiger partial charge in [-0.15, -0.1) is 0 Å². The van der Waals surface area contributed by atoms with E-state index in [2.05, 4.69) is 0 Å². The second-order valence-corrected chi connectivity index (χ2v) is 3.92. The van der Waals surface area contributed by atoms with Crippen LogP contribution in [-0.2, 0) is 9.84 Å². The molecule has 0 aliphatic heterocycles. The molecule has 8 heavy (non-hydrogen) atoms. The zero-order chi connectivity index (χ0) is 6.78. The molecule has 0 aliphatic rings. The van der Waals surface area contributed by atoms with Crippen LogP contribution in [0.2, 0.25) is 0 Å². The summed E-state index contributed by atoms with van der Waals surface area (Å²) in [5, 5.41) is 1.12. The molecular formula is C3H10N2O2S. The molecule has 0 bridgehead atoms. The minimum absolute atomic E-state index is 0.0903. The number of hydrogen-bond acceptors (Lipinski definition) is 4. The highest BCUT2D eigenvalue weighted by Crippen LogP contribution is 1.80. The molecule has 50 valence electrons. The van der Waals surface area contributed by atoms with Gasteiger partial charge in [-0.2, -0.15) is 0 Å². The maximum absolute atomic E-state index is 10.3. The van der Waals surface area contributed by atoms with Crippen molar-refractivity contribution in [2.45, 2.75) is 0 Å². The molecule has 0 amide bonds. The lowest BCUT2D eigenvalue weighted by Crippen LogP contribution is -2.31. The van der Waals surface area contributed by atoms with Gasteiger partial charge in [0.05, 0.1) is 0 Å². The summed E-state index contributed by atoms with van der Waals surface area (Å²) in [5.41, 5.74) is 0. The van der Waals surface area contributed by atoms with E-state index in [9.17, 15) is 8.42 Å². The molecular weight excluding hydrogens is 128 g/mol. The highest BCUT2D eigenvalue weighted by molar-refractivity contribution is 7.90. The smallest absolute Gasteiger partial charge is 0.161 e. The van der Waals surface area contributed by atoms with E-state index in [-0.39, 0.29) is 5.88 Å². The number of nitrogens with two attached hydrogens (primary N) is 1. The second-order valence-electron chi connectivity index (χ2n) is 1.81. The Bertz CT molecular complexity index is 149. The number of nitrogens with zero attached hydrogens (tertiary/aromatic N) is 1. The molecule has 5 heteroatoms. The Morgan fingerprint density at radius 3 is 2.00 bits per heavy atom. The van der Waals surface area contributed by atoms with E-state index in [0.717, 1.165) is 11.3 Å². The van der Waals surface area contributed by atoms with Crippen LogP contribution in [0.4, 0.5) is 0 Å². The molecule has 0 fully saturated rings. The van der Waals surface area contributed by atoms with E-state index >= 15 is 0 Å². The largest absolute Gasteiger partial charge is 0.268 e. The van der Waals surface area contributed by atoms with Gasteiger partial charge in [-0.05, 0) is 0 Å². The predicted octanol–water partition coefficient (Wildman–Crippen LogP) is -1.21. The molecule has 0 unspecified atom stereocenters. The maximum atomic E-state index is 10.3. The van der Waals surface area contributed by atoms with Crippen LogP contribution in [0.3, 0.4) is 0 Å². The minimum atomic E-state index is -2.92. The van der Waals surface area contributed by atoms with Crippen molar-refractivity contribution in [1.82, 2.24) is 5.01 Å². The monoisotopic (exact) mass is 138 g/mol. The third-order valence-corrected chi connectivity index (χ3v) is 1.31. The minimum Gasteiger partial charge on any atom is -0.268 e. The molecule has 0 saturated heterocycles. The van der Waals surface area contributed by atoms with Crippen LogP contribution in [0.5, 0.6) is 0 Å². The average Bonchev–Trinajstić information content (AvgIpc) is 1.21. The molecule has 2 N–H and O–H groups in total. The van der Waals surface area contributed by atoms with Crippen LogP contribution < -0.4 is 5.84 Å². The molecule has 0 aromatic carbocycles. The first kappa shape index (κ1) is 7.87. The lowest BCUT2D eigenvalue weighted by molar-refractivity contribution is 0.401. The Kier molecular flexibility index (Phi) is 2.39. The van der Waals surface area contributed by atoms with Crippen LogP contribution in [-0.4, -0.2) is 32.6 Å². The molecule has 0 radical (unpaired) electrons. The maximum Gasteiger partial charge on any atom is 0.161 e. The van der Waals surface area contributed by atoms with E-state index in [1.807, 2.05) is 0 Å². The van der Waals surface area contributed by atoms with Crippen molar-refractivity contribution in [3.63, 3.8) is 0 Å². The number of hydrazine groups is 1. The second kappa shape index (κ2) is 2.43. The van der Waals surface area contributed by atoms with Crippen LogP contribution in [0, 0.1) is 0 Å². The third-order valence-electron chi connectivity index (χ3n) is 0.438. The topological polar surface area (TPSA) is 63.4 Å². The Balaban J connectivity index is 3.75. The first-order valence-electron chi connectivity index (χ1n) is 2.05. The highest BCUT2D eigenvalue weighted by Gasteiger charge is 2.01. The zero-order valence-corrected chi connectivity index (χ0v) is 5.77. The van der Waals surface area contributed by atoms with Gasteiger partial charge in [0.15, 0.2) is 9.84 Å². The van der Waals surface area contributed by atoms with Gasteiger partial charge in [-0.1, -0.05) is 0 Å². The SMILES string of the molecule is CN(N)CS(C)(=O)=O. The van der Waals surface area contributed by atoms with Gasteiger partial charge in [0.1, 0.15) is 5.88 Å². The summed E-state index contributed by atoms with van der Waals surface area (Å²) in [4.78, 5) is 0. The van der Waals surface area contributed by atoms with E-state index in [1.54, 1.807) is 0 Å². The number of rotatable bonds is 2. The van der Waals surface area contributed by atoms with Crippen LogP contribution in [0.25, 0.3) is 0 Å². The molecule has 0 saturated carbocycles. The lowest BCUT2D eigenvalue weighted by Gasteiger charge is -2.05. The van der Waals surface area contributed by atoms with Crippen LogP contribution in [0.1, 0.15) is 0 Å². The normalized spacial score (nSPS) is 12.5. The summed E-state index contributed by atoms with van der Waals surface area (Å²) in [5.74, 6) is 4.94. The van der Waals surface area contributed by atoms with Crippen molar-refractivity contribution in [2.24, 2.45) is 5.84 Å². The summed E-state index contributed by atoms with van der Waals surface area (Å²) in [7, 11) is -1.42. The molecule has 0 atom stereocenters. The van der Waals surface area contributed by atoms with Crippen molar-refractivity contribution in [2.75, 3.05) is 19.2 Å². The fourth-order valence-corrected chi connectivity index (χ4v) is 1.11. The fraction of sp³-hybridized carbons (Fsp3) is 1.00. The molecule has 0 aliphatic carbocycles. The van der Waals surface area contributed by atoms with Crippen LogP contribution >= 0.6 is 0 Å². The van der Waals surface area contributed by atoms with E-state index < -0.39 is 9.84 Å². The Morgan fingerprint density at radius 2 is 2.00 bits per heavy atom. The average molecular weight is 138 g/mol. The van der Waals surface area contributed by atoms with E-state index in [1.165, 1.54) is 7.05 Å². The molecule has 4 nitrogen and oxygen atoms in total. The Hall–Kier alpha value is -0.130. The summed E-state index contributed by atoms with van der Waals surface area (Å²) in [6.07, 6.45) is 1.14. The summed E-state index contributed by atoms with van der Waals surface area (Å²) >= 11 is 0. The molecule has 0 aromatic heterocycles. The molecule has 0 aromatic rings. The van der Waals surface area contributed by atoms with Crippen molar-refractivity contribution in [3.05, 3.63) is 0 Å². The van der Waals surface area contributed by atoms with Crippen LogP contribution in [0.15, 0.2) is 0 Å². The van der Waals surface area contributed by atoms with E-state index in [4.69, 9.17) is 5.84 Å². The molecule has 0 heterocycles. The van der Waals surface area contributed by atoms with Gasteiger partial charge in [-0.3, -0.25) is 5.84 Å². The summed E-state index contributed by atoms with van der Waals surface area (Å²) < 4.78 is 20.6. The van der Waals surface area contributed by atoms with Gasteiger partial charge in [-0.25, -0.2) is 13.4 Å². The zero-order valence-electron chi connectivity index (χ0n) is 4.96. The van der Waals surface area contributed by atoms with E-state index in [0.29, 0.717) is 0 Å². The van der Waals surface area contributed by atoms with Gasteiger partial charge < -0.3 is 0 Å². The van der Waals surface area contributed by atoms with Crippen molar-refractivity contribution >= 4 is 9.84 Å². The quantitative estimate of drug-likeness (QED) is 0.384. The number of hydrogen-bond donors (Lipinski definition) is 1. The Morgan fingerprint density at radius 1 is 1.62 bits per heavy atom. The third kappa shape index (κ3) is 5.87. The lowest BCUT2D eigenvalue weighted by atomic mass is 11.2. The van der Waals surface area contributed by atoms with Gasteiger partial charge >= 0.3 is 0 Å². The molecule has 0 spiro atoms. The highest BCUT2D eigenvalue weighted by atomic mass is 32.2. The van der Waals surface area contributed by atoms with Gasteiger partial charge in [0.2, 0.25) is 0 Å². The predicted molar refractivity (Wildman–Crippen MR) is 31.7 cm³/mol. The fourth-order valence-electron chi connectivity index (χ4n) is 0.370. The van der Waals surface area contributed by atoms with Crippen molar-refractivity contribution in [1.29, 1.82) is 0 Å². The first-order chi connectivity index (χ1) is 3.42. The standard InChI is InChI=1S/C3H10N2O2S/c1-5(4)3-8(2,6)7/h3-4H2,1-2H3. The Labute approximate surface area is 49.2 Å². The van der Waals surface area contributed by atoms with Gasteiger partial charge in [0.25, 0.3) is 0 Å². The first-order valence-corrected chi connectivity index (χ1v) is 4.11.